The van der Waals surface area contributed by atoms with E-state index in [1.165, 1.54) is 0 Å². The van der Waals surface area contributed by atoms with Crippen LogP contribution in [0.5, 0.6) is 5.75 Å². The predicted octanol–water partition coefficient (Wildman–Crippen LogP) is 2.76. The molecule has 1 N–H and O–H groups in total. The van der Waals surface area contributed by atoms with Crippen LogP contribution in [0.4, 0.5) is 0 Å². The van der Waals surface area contributed by atoms with Crippen LogP contribution in [-0.2, 0) is 6.61 Å². The van der Waals surface area contributed by atoms with Crippen molar-refractivity contribution in [3.63, 3.8) is 0 Å². The van der Waals surface area contributed by atoms with Gasteiger partial charge in [-0.3, -0.25) is 0 Å². The Morgan fingerprint density at radius 3 is 2.62 bits per heavy atom. The normalized spacial score (nSPS) is 10.4. The molecule has 0 amide bonds. The number of furan rings is 1. The monoisotopic (exact) mass is 218 g/mol. The fourth-order valence-electron chi connectivity index (χ4n) is 1.62. The van der Waals surface area contributed by atoms with Crippen molar-refractivity contribution in [2.75, 3.05) is 7.11 Å². The highest BCUT2D eigenvalue weighted by atomic mass is 16.5. The van der Waals surface area contributed by atoms with Gasteiger partial charge in [-0.25, -0.2) is 0 Å². The maximum absolute atomic E-state index is 9.11. The molecule has 2 rings (SSSR count). The van der Waals surface area contributed by atoms with Gasteiger partial charge in [0.2, 0.25) is 0 Å². The van der Waals surface area contributed by atoms with E-state index in [1.54, 1.807) is 7.11 Å². The summed E-state index contributed by atoms with van der Waals surface area (Å²) >= 11 is 0. The van der Waals surface area contributed by atoms with Crippen LogP contribution >= 0.6 is 0 Å². The van der Waals surface area contributed by atoms with Crippen molar-refractivity contribution in [2.45, 2.75) is 13.5 Å². The minimum absolute atomic E-state index is 0.0271. The third-order valence-corrected chi connectivity index (χ3v) is 2.48. The molecule has 2 aromatic rings. The van der Waals surface area contributed by atoms with Gasteiger partial charge in [-0.15, -0.1) is 0 Å². The van der Waals surface area contributed by atoms with Gasteiger partial charge >= 0.3 is 0 Å². The van der Waals surface area contributed by atoms with E-state index in [9.17, 15) is 0 Å². The van der Waals surface area contributed by atoms with Gasteiger partial charge in [0.1, 0.15) is 17.3 Å². The third-order valence-electron chi connectivity index (χ3n) is 2.48. The minimum atomic E-state index is -0.0271. The van der Waals surface area contributed by atoms with Crippen molar-refractivity contribution in [3.8, 4) is 17.1 Å². The van der Waals surface area contributed by atoms with E-state index in [1.807, 2.05) is 37.3 Å². The molecule has 0 atom stereocenters. The number of ether oxygens (including phenoxy) is 1. The lowest BCUT2D eigenvalue weighted by molar-refractivity contribution is 0.274. The van der Waals surface area contributed by atoms with Crippen molar-refractivity contribution in [1.29, 1.82) is 0 Å². The van der Waals surface area contributed by atoms with E-state index in [4.69, 9.17) is 14.3 Å². The largest absolute Gasteiger partial charge is 0.496 e. The summed E-state index contributed by atoms with van der Waals surface area (Å²) in [6, 6.07) is 9.45. The number of benzene rings is 1. The number of aliphatic hydroxyl groups is 1. The van der Waals surface area contributed by atoms with Gasteiger partial charge in [-0.05, 0) is 25.1 Å². The van der Waals surface area contributed by atoms with Gasteiger partial charge in [0.15, 0.2) is 0 Å². The Kier molecular flexibility index (Phi) is 2.97. The first-order valence-electron chi connectivity index (χ1n) is 5.09. The van der Waals surface area contributed by atoms with Gasteiger partial charge < -0.3 is 14.3 Å². The van der Waals surface area contributed by atoms with E-state index in [-0.39, 0.29) is 6.61 Å². The average Bonchev–Trinajstić information content (AvgIpc) is 2.75. The molecule has 3 heteroatoms. The molecule has 1 aromatic heterocycles. The highest BCUT2D eigenvalue weighted by Gasteiger charge is 2.07. The van der Waals surface area contributed by atoms with Crippen LogP contribution in [0.2, 0.25) is 0 Å². The molecule has 16 heavy (non-hydrogen) atoms. The number of hydrogen-bond donors (Lipinski definition) is 1. The first-order valence-corrected chi connectivity index (χ1v) is 5.09. The smallest absolute Gasteiger partial charge is 0.134 e. The van der Waals surface area contributed by atoms with Crippen molar-refractivity contribution in [1.82, 2.24) is 0 Å². The number of methoxy groups -OCH3 is 1. The second-order valence-corrected chi connectivity index (χ2v) is 3.60. The van der Waals surface area contributed by atoms with Gasteiger partial charge in [0, 0.05) is 11.1 Å². The van der Waals surface area contributed by atoms with E-state index >= 15 is 0 Å². The molecule has 0 radical (unpaired) electrons. The summed E-state index contributed by atoms with van der Waals surface area (Å²) in [6.07, 6.45) is 0. The summed E-state index contributed by atoms with van der Waals surface area (Å²) < 4.78 is 10.7. The van der Waals surface area contributed by atoms with Crippen molar-refractivity contribution in [3.05, 3.63) is 41.7 Å². The Morgan fingerprint density at radius 1 is 1.25 bits per heavy atom. The van der Waals surface area contributed by atoms with E-state index in [2.05, 4.69) is 0 Å². The Balaban J connectivity index is 2.43. The molecule has 0 aliphatic heterocycles. The Morgan fingerprint density at radius 2 is 2.06 bits per heavy atom. The van der Waals surface area contributed by atoms with Gasteiger partial charge in [-0.1, -0.05) is 12.1 Å². The summed E-state index contributed by atoms with van der Waals surface area (Å²) in [6.45, 7) is 1.88. The second kappa shape index (κ2) is 4.41. The van der Waals surface area contributed by atoms with E-state index < -0.39 is 0 Å². The van der Waals surface area contributed by atoms with Crippen LogP contribution in [0.1, 0.15) is 11.3 Å². The number of aryl methyl sites for hydroxylation is 1. The molecule has 1 heterocycles. The molecule has 0 fully saturated rings. The Hall–Kier alpha value is -1.74. The molecule has 3 nitrogen and oxygen atoms in total. The SMILES string of the molecule is COc1cc(-c2ccc(C)o2)ccc1CO. The Labute approximate surface area is 94.3 Å². The molecule has 84 valence electrons. The lowest BCUT2D eigenvalue weighted by Gasteiger charge is -2.07. The zero-order valence-corrected chi connectivity index (χ0v) is 9.36. The first-order chi connectivity index (χ1) is 7.74. The van der Waals surface area contributed by atoms with Crippen LogP contribution in [-0.4, -0.2) is 12.2 Å². The van der Waals surface area contributed by atoms with Crippen LogP contribution < -0.4 is 4.74 Å². The van der Waals surface area contributed by atoms with E-state index in [0.717, 1.165) is 22.6 Å². The lowest BCUT2D eigenvalue weighted by atomic mass is 10.1. The van der Waals surface area contributed by atoms with Gasteiger partial charge in [-0.2, -0.15) is 0 Å². The fourth-order valence-corrected chi connectivity index (χ4v) is 1.62. The number of aliphatic hydroxyl groups excluding tert-OH is 1. The van der Waals surface area contributed by atoms with Crippen molar-refractivity contribution in [2.24, 2.45) is 0 Å². The molecule has 1 aromatic carbocycles. The standard InChI is InChI=1S/C13H14O3/c1-9-3-6-12(16-9)10-4-5-11(8-14)13(7-10)15-2/h3-7,14H,8H2,1-2H3. The van der Waals surface area contributed by atoms with Crippen LogP contribution in [0.15, 0.2) is 34.7 Å². The average molecular weight is 218 g/mol. The summed E-state index contributed by atoms with van der Waals surface area (Å²) in [5.41, 5.74) is 1.72. The molecule has 0 aliphatic carbocycles. The third kappa shape index (κ3) is 1.95. The van der Waals surface area contributed by atoms with E-state index in [0.29, 0.717) is 5.75 Å². The highest BCUT2D eigenvalue weighted by molar-refractivity contribution is 5.61. The number of rotatable bonds is 3. The molecule has 0 bridgehead atoms. The van der Waals surface area contributed by atoms with Gasteiger partial charge in [0.25, 0.3) is 0 Å². The Bertz CT molecular complexity index is 486. The zero-order chi connectivity index (χ0) is 11.5. The highest BCUT2D eigenvalue weighted by Crippen LogP contribution is 2.28. The maximum atomic E-state index is 9.11. The summed E-state index contributed by atoms with van der Waals surface area (Å²) in [5.74, 6) is 2.36. The topological polar surface area (TPSA) is 42.6 Å². The van der Waals surface area contributed by atoms with Crippen molar-refractivity contribution < 1.29 is 14.3 Å². The molecule has 0 saturated heterocycles. The summed E-state index contributed by atoms with van der Waals surface area (Å²) in [4.78, 5) is 0. The van der Waals surface area contributed by atoms with Crippen LogP contribution in [0.3, 0.4) is 0 Å². The first kappa shape index (κ1) is 10.8. The van der Waals surface area contributed by atoms with Crippen LogP contribution in [0, 0.1) is 6.92 Å². The van der Waals surface area contributed by atoms with Gasteiger partial charge in [0.05, 0.1) is 13.7 Å². The quantitative estimate of drug-likeness (QED) is 0.861. The second-order valence-electron chi connectivity index (χ2n) is 3.60. The number of hydrogen-bond acceptors (Lipinski definition) is 3. The fraction of sp³-hybridized carbons (Fsp3) is 0.231. The molecular formula is C13H14O3. The van der Waals surface area contributed by atoms with Crippen molar-refractivity contribution >= 4 is 0 Å². The molecule has 0 aliphatic rings. The predicted molar refractivity (Wildman–Crippen MR) is 61.4 cm³/mol. The van der Waals surface area contributed by atoms with Crippen LogP contribution in [0.25, 0.3) is 11.3 Å². The summed E-state index contributed by atoms with van der Waals surface area (Å²) in [7, 11) is 1.59. The minimum Gasteiger partial charge on any atom is -0.496 e. The maximum Gasteiger partial charge on any atom is 0.134 e. The lowest BCUT2D eigenvalue weighted by Crippen LogP contribution is -1.91. The summed E-state index contributed by atoms with van der Waals surface area (Å²) in [5, 5.41) is 9.11. The molecule has 0 unspecified atom stereocenters. The molecule has 0 spiro atoms. The zero-order valence-electron chi connectivity index (χ0n) is 9.36. The molecular weight excluding hydrogens is 204 g/mol. The molecule has 0 saturated carbocycles.